The number of fused-ring (bicyclic) bond motifs is 1. The zero-order valence-corrected chi connectivity index (χ0v) is 15.5. The highest BCUT2D eigenvalue weighted by atomic mass is 32.2. The van der Waals surface area contributed by atoms with E-state index in [1.807, 2.05) is 12.1 Å². The van der Waals surface area contributed by atoms with Crippen molar-refractivity contribution in [3.63, 3.8) is 0 Å². The Morgan fingerprint density at radius 3 is 2.12 bits per heavy atom. The van der Waals surface area contributed by atoms with Gasteiger partial charge in [0.25, 0.3) is 10.1 Å². The Balaban J connectivity index is 2.38. The number of aryl methyl sites for hydroxylation is 2. The predicted octanol–water partition coefficient (Wildman–Crippen LogP) is 5.55. The van der Waals surface area contributed by atoms with Gasteiger partial charge >= 0.3 is 0 Å². The molecule has 0 atom stereocenters. The Morgan fingerprint density at radius 2 is 1.50 bits per heavy atom. The largest absolute Gasteiger partial charge is 0.294 e. The summed E-state index contributed by atoms with van der Waals surface area (Å²) >= 11 is 0. The molecule has 132 valence electrons. The van der Waals surface area contributed by atoms with E-state index < -0.39 is 10.1 Å². The van der Waals surface area contributed by atoms with Gasteiger partial charge in [-0.1, -0.05) is 57.7 Å². The van der Waals surface area contributed by atoms with Crippen molar-refractivity contribution in [2.75, 3.05) is 0 Å². The Bertz CT molecular complexity index is 779. The number of hydrogen-bond donors (Lipinski definition) is 1. The Morgan fingerprint density at radius 1 is 0.833 bits per heavy atom. The van der Waals surface area contributed by atoms with Gasteiger partial charge in [-0.3, -0.25) is 4.55 Å². The van der Waals surface area contributed by atoms with Crippen molar-refractivity contribution in [2.45, 2.75) is 70.1 Å². The molecule has 0 aromatic heterocycles. The van der Waals surface area contributed by atoms with Crippen molar-refractivity contribution in [3.8, 4) is 0 Å². The van der Waals surface area contributed by atoms with Crippen LogP contribution in [0.5, 0.6) is 0 Å². The van der Waals surface area contributed by atoms with Gasteiger partial charge in [-0.2, -0.15) is 8.42 Å². The van der Waals surface area contributed by atoms with Crippen LogP contribution in [0.3, 0.4) is 0 Å². The van der Waals surface area contributed by atoms with Crippen LogP contribution in [0, 0.1) is 0 Å². The molecular formula is C20H28O3S. The second kappa shape index (κ2) is 8.63. The second-order valence-electron chi connectivity index (χ2n) is 6.53. The maximum atomic E-state index is 11.7. The first-order valence-corrected chi connectivity index (χ1v) is 10.4. The van der Waals surface area contributed by atoms with Crippen molar-refractivity contribution in [1.82, 2.24) is 0 Å². The summed E-state index contributed by atoms with van der Waals surface area (Å²) in [5, 5.41) is 1.92. The standard InChI is InChI=1S/C20H28O3S/c1-3-5-7-9-16-11-12-17-15-20(24(21,22)23)18(10-8-6-4-2)14-19(17)13-16/h11-15H,3-10H2,1-2H3,(H,21,22,23). The fourth-order valence-electron chi connectivity index (χ4n) is 3.11. The molecule has 0 saturated carbocycles. The van der Waals surface area contributed by atoms with Crippen molar-refractivity contribution >= 4 is 20.9 Å². The van der Waals surface area contributed by atoms with Crippen LogP contribution in [-0.4, -0.2) is 13.0 Å². The van der Waals surface area contributed by atoms with Crippen molar-refractivity contribution < 1.29 is 13.0 Å². The van der Waals surface area contributed by atoms with Gasteiger partial charge in [0.15, 0.2) is 0 Å². The van der Waals surface area contributed by atoms with Crippen molar-refractivity contribution in [1.29, 1.82) is 0 Å². The predicted molar refractivity (Wildman–Crippen MR) is 100 cm³/mol. The summed E-state index contributed by atoms with van der Waals surface area (Å²) in [4.78, 5) is 0.0600. The smallest absolute Gasteiger partial charge is 0.282 e. The average molecular weight is 349 g/mol. The van der Waals surface area contributed by atoms with E-state index in [2.05, 4.69) is 26.0 Å². The van der Waals surface area contributed by atoms with Crippen LogP contribution in [0.4, 0.5) is 0 Å². The molecule has 0 aliphatic carbocycles. The average Bonchev–Trinajstić information content (AvgIpc) is 2.53. The lowest BCUT2D eigenvalue weighted by Crippen LogP contribution is -2.04. The molecule has 0 saturated heterocycles. The molecule has 0 unspecified atom stereocenters. The van der Waals surface area contributed by atoms with Crippen LogP contribution in [0.1, 0.15) is 63.5 Å². The minimum Gasteiger partial charge on any atom is -0.282 e. The summed E-state index contributed by atoms with van der Waals surface area (Å²) in [7, 11) is -4.19. The van der Waals surface area contributed by atoms with E-state index in [9.17, 15) is 13.0 Å². The molecule has 2 aromatic carbocycles. The minimum absolute atomic E-state index is 0.0600. The van der Waals surface area contributed by atoms with Crippen molar-refractivity contribution in [3.05, 3.63) is 41.5 Å². The molecule has 0 aliphatic rings. The molecule has 2 aromatic rings. The highest BCUT2D eigenvalue weighted by Crippen LogP contribution is 2.26. The maximum Gasteiger partial charge on any atom is 0.294 e. The van der Waals surface area contributed by atoms with Crippen LogP contribution < -0.4 is 0 Å². The molecule has 0 spiro atoms. The topological polar surface area (TPSA) is 54.4 Å². The molecule has 3 nitrogen and oxygen atoms in total. The molecule has 0 amide bonds. The van der Waals surface area contributed by atoms with Gasteiger partial charge in [-0.05, 0) is 59.7 Å². The number of benzene rings is 2. The van der Waals surface area contributed by atoms with Crippen LogP contribution in [-0.2, 0) is 23.0 Å². The van der Waals surface area contributed by atoms with Gasteiger partial charge in [0.05, 0.1) is 4.90 Å². The van der Waals surface area contributed by atoms with Crippen LogP contribution >= 0.6 is 0 Å². The van der Waals surface area contributed by atoms with Gasteiger partial charge < -0.3 is 0 Å². The van der Waals surface area contributed by atoms with Gasteiger partial charge in [0.1, 0.15) is 0 Å². The summed E-state index contributed by atoms with van der Waals surface area (Å²) in [5.74, 6) is 0. The Labute approximate surface area is 145 Å². The summed E-state index contributed by atoms with van der Waals surface area (Å²) in [6.07, 6.45) is 8.40. The summed E-state index contributed by atoms with van der Waals surface area (Å²) < 4.78 is 33.0. The van der Waals surface area contributed by atoms with Gasteiger partial charge in [0.2, 0.25) is 0 Å². The molecular weight excluding hydrogens is 320 g/mol. The van der Waals surface area contributed by atoms with E-state index in [1.165, 1.54) is 24.8 Å². The maximum absolute atomic E-state index is 11.7. The third-order valence-electron chi connectivity index (χ3n) is 4.48. The highest BCUT2D eigenvalue weighted by molar-refractivity contribution is 7.85. The van der Waals surface area contributed by atoms with Gasteiger partial charge in [-0.25, -0.2) is 0 Å². The molecule has 24 heavy (non-hydrogen) atoms. The molecule has 0 bridgehead atoms. The molecule has 0 fully saturated rings. The van der Waals surface area contributed by atoms with E-state index in [-0.39, 0.29) is 4.90 Å². The van der Waals surface area contributed by atoms with E-state index in [1.54, 1.807) is 6.07 Å². The highest BCUT2D eigenvalue weighted by Gasteiger charge is 2.16. The third kappa shape index (κ3) is 5.05. The molecule has 0 aliphatic heterocycles. The Kier molecular flexibility index (Phi) is 6.81. The normalized spacial score (nSPS) is 12.0. The molecule has 0 radical (unpaired) electrons. The van der Waals surface area contributed by atoms with E-state index in [0.29, 0.717) is 6.42 Å². The minimum atomic E-state index is -4.19. The number of unbranched alkanes of at least 4 members (excludes halogenated alkanes) is 4. The summed E-state index contributed by atoms with van der Waals surface area (Å²) in [5.41, 5.74) is 2.01. The summed E-state index contributed by atoms with van der Waals surface area (Å²) in [6, 6.07) is 9.73. The fraction of sp³-hybridized carbons (Fsp3) is 0.500. The SMILES string of the molecule is CCCCCc1ccc2cc(S(=O)(=O)O)c(CCCCC)cc2c1. The molecule has 2 rings (SSSR count). The number of rotatable bonds is 9. The zero-order chi connectivity index (χ0) is 17.6. The van der Waals surface area contributed by atoms with Crippen molar-refractivity contribution in [2.24, 2.45) is 0 Å². The van der Waals surface area contributed by atoms with E-state index in [0.717, 1.165) is 42.0 Å². The first-order chi connectivity index (χ1) is 11.5. The first kappa shape index (κ1) is 18.9. The van der Waals surface area contributed by atoms with E-state index in [4.69, 9.17) is 0 Å². The lowest BCUT2D eigenvalue weighted by atomic mass is 9.99. The molecule has 4 heteroatoms. The second-order valence-corrected chi connectivity index (χ2v) is 7.92. The lowest BCUT2D eigenvalue weighted by Gasteiger charge is -2.11. The van der Waals surface area contributed by atoms with Gasteiger partial charge in [0, 0.05) is 0 Å². The number of hydrogen-bond acceptors (Lipinski definition) is 2. The van der Waals surface area contributed by atoms with Gasteiger partial charge in [-0.15, -0.1) is 0 Å². The monoisotopic (exact) mass is 348 g/mol. The third-order valence-corrected chi connectivity index (χ3v) is 5.42. The Hall–Kier alpha value is -1.39. The molecule has 0 heterocycles. The fourth-order valence-corrected chi connectivity index (χ4v) is 3.88. The van der Waals surface area contributed by atoms with Crippen LogP contribution in [0.15, 0.2) is 35.2 Å². The van der Waals surface area contributed by atoms with Crippen LogP contribution in [0.2, 0.25) is 0 Å². The zero-order valence-electron chi connectivity index (χ0n) is 14.7. The lowest BCUT2D eigenvalue weighted by molar-refractivity contribution is 0.482. The first-order valence-electron chi connectivity index (χ1n) is 8.98. The van der Waals surface area contributed by atoms with E-state index >= 15 is 0 Å². The summed E-state index contributed by atoms with van der Waals surface area (Å²) in [6.45, 7) is 4.31. The van der Waals surface area contributed by atoms with Crippen LogP contribution in [0.25, 0.3) is 10.8 Å². The molecule has 1 N–H and O–H groups in total. The quantitative estimate of drug-likeness (QED) is 0.477.